The molecule has 0 aromatic heterocycles. The molecule has 4 aromatic carbocycles. The lowest BCUT2D eigenvalue weighted by Crippen LogP contribution is -2.36. The van der Waals surface area contributed by atoms with Gasteiger partial charge < -0.3 is 19.5 Å². The molecule has 234 valence electrons. The Bertz CT molecular complexity index is 1740. The summed E-state index contributed by atoms with van der Waals surface area (Å²) in [4.78, 5) is 16.7. The molecule has 1 fully saturated rings. The van der Waals surface area contributed by atoms with E-state index in [0.717, 1.165) is 55.4 Å². The van der Waals surface area contributed by atoms with Gasteiger partial charge in [0.15, 0.2) is 4.90 Å². The fraction of sp³-hybridized carbons (Fsp3) is 0.314. The van der Waals surface area contributed by atoms with Gasteiger partial charge in [0.2, 0.25) is 0 Å². The molecule has 0 unspecified atom stereocenters. The Hall–Kier alpha value is -3.32. The molecule has 1 amide bonds. The van der Waals surface area contributed by atoms with Crippen LogP contribution in [0.3, 0.4) is 0 Å². The maximum atomic E-state index is 13.8. The lowest BCUT2D eigenvalue weighted by molar-refractivity contribution is 0.0948. The summed E-state index contributed by atoms with van der Waals surface area (Å²) in [5, 5.41) is 15.2. The number of likely N-dealkylation sites (tertiary alicyclic amines) is 1. The highest BCUT2D eigenvalue weighted by molar-refractivity contribution is 7.90. The quantitative estimate of drug-likeness (QED) is 0.176. The summed E-state index contributed by atoms with van der Waals surface area (Å²) in [6.07, 6.45) is 4.10. The van der Waals surface area contributed by atoms with E-state index in [1.807, 2.05) is 36.4 Å². The molecule has 0 bridgehead atoms. The number of rotatable bonds is 10. The predicted molar refractivity (Wildman–Crippen MR) is 179 cm³/mol. The monoisotopic (exact) mass is 665 g/mol. The number of amides is 1. The smallest absolute Gasteiger partial charge is 0.255 e. The number of hydrogen-bond acceptors (Lipinski definition) is 5. The maximum Gasteiger partial charge on any atom is 0.255 e. The fourth-order valence-corrected chi connectivity index (χ4v) is 7.36. The van der Waals surface area contributed by atoms with Gasteiger partial charge in [0.1, 0.15) is 23.9 Å². The molecule has 4 aromatic rings. The van der Waals surface area contributed by atoms with Gasteiger partial charge in [0.25, 0.3) is 5.91 Å². The van der Waals surface area contributed by atoms with Crippen LogP contribution in [0, 0.1) is 17.1 Å². The molecule has 1 aliphatic heterocycles. The van der Waals surface area contributed by atoms with Crippen LogP contribution in [-0.2, 0) is 11.2 Å². The van der Waals surface area contributed by atoms with Gasteiger partial charge in [0.05, 0.1) is 28.3 Å². The van der Waals surface area contributed by atoms with E-state index in [0.29, 0.717) is 38.0 Å². The van der Waals surface area contributed by atoms with Gasteiger partial charge in [-0.3, -0.25) is 4.79 Å². The number of nitriles is 1. The average molecular weight is 667 g/mol. The molecule has 1 N–H and O–H groups in total. The number of carbonyl (C=O) groups excluding carboxylic acids is 1. The summed E-state index contributed by atoms with van der Waals surface area (Å²) in [5.74, 6) is -0.288. The van der Waals surface area contributed by atoms with Crippen LogP contribution in [0.5, 0.6) is 5.75 Å². The van der Waals surface area contributed by atoms with E-state index in [1.165, 1.54) is 19.2 Å². The van der Waals surface area contributed by atoms with Crippen LogP contribution in [0.1, 0.15) is 58.1 Å². The van der Waals surface area contributed by atoms with Crippen LogP contribution in [0.25, 0.3) is 10.8 Å². The SMILES string of the molecule is COc1c(C#N)cc2ccccc2c1C(=O)NC[C@@H](CCN1CCC(c2ccc(F)cc2[S@+](C)[O-])CC1)c1ccc(Cl)c(Cl)c1. The number of nitrogens with one attached hydrogen (secondary N) is 1. The molecule has 6 nitrogen and oxygen atoms in total. The topological polar surface area (TPSA) is 88.4 Å². The van der Waals surface area contributed by atoms with Crippen molar-refractivity contribution >= 4 is 51.1 Å². The van der Waals surface area contributed by atoms with Crippen molar-refractivity contribution in [1.29, 1.82) is 5.26 Å². The number of methoxy groups -OCH3 is 1. The van der Waals surface area contributed by atoms with Crippen LogP contribution in [0.2, 0.25) is 10.0 Å². The lowest BCUT2D eigenvalue weighted by atomic mass is 9.88. The highest BCUT2D eigenvalue weighted by Gasteiger charge is 2.27. The van der Waals surface area contributed by atoms with E-state index in [4.69, 9.17) is 27.9 Å². The fourth-order valence-electron chi connectivity index (χ4n) is 6.21. The molecule has 2 atom stereocenters. The van der Waals surface area contributed by atoms with Crippen molar-refractivity contribution in [2.24, 2.45) is 0 Å². The Morgan fingerprint density at radius 1 is 1.13 bits per heavy atom. The van der Waals surface area contributed by atoms with Crippen LogP contribution in [0.15, 0.2) is 71.6 Å². The van der Waals surface area contributed by atoms with E-state index in [2.05, 4.69) is 16.3 Å². The number of fused-ring (bicyclic) bond motifs is 1. The Kier molecular flexibility index (Phi) is 10.9. The minimum Gasteiger partial charge on any atom is -0.612 e. The molecule has 0 radical (unpaired) electrons. The third-order valence-electron chi connectivity index (χ3n) is 8.58. The van der Waals surface area contributed by atoms with Crippen molar-refractivity contribution in [2.75, 3.05) is 39.5 Å². The standard InChI is InChI=1S/C35H34Cl2FN3O3S/c1-44-34-26(20-39)17-24-5-3-4-6-29(24)33(34)35(42)40-21-25(23-7-10-30(36)31(37)18-23)13-16-41-14-11-22(12-15-41)28-9-8-27(38)19-32(28)45(2)43/h3-10,17-19,22,25H,11-16,21H2,1-2H3,(H,40,42)/t25-,45+/m1/s1. The number of carbonyl (C=O) groups is 1. The van der Waals surface area contributed by atoms with E-state index < -0.39 is 11.2 Å². The number of hydrogen-bond donors (Lipinski definition) is 1. The molecule has 45 heavy (non-hydrogen) atoms. The molecule has 10 heteroatoms. The Balaban J connectivity index is 1.31. The predicted octanol–water partition coefficient (Wildman–Crippen LogP) is 7.69. The molecule has 1 aliphatic rings. The van der Waals surface area contributed by atoms with E-state index >= 15 is 0 Å². The minimum atomic E-state index is -1.26. The first-order chi connectivity index (χ1) is 21.7. The van der Waals surface area contributed by atoms with E-state index in [9.17, 15) is 19.0 Å². The second-order valence-corrected chi connectivity index (χ2v) is 13.4. The molecule has 0 spiro atoms. The Labute approximate surface area is 276 Å². The van der Waals surface area contributed by atoms with Crippen LogP contribution < -0.4 is 10.1 Å². The third kappa shape index (κ3) is 7.57. The summed E-state index contributed by atoms with van der Waals surface area (Å²) in [7, 11) is 1.46. The number of halogens is 3. The largest absolute Gasteiger partial charge is 0.612 e. The molecule has 0 aliphatic carbocycles. The molecular formula is C35H34Cl2FN3O3S. The van der Waals surface area contributed by atoms with Crippen molar-refractivity contribution in [1.82, 2.24) is 10.2 Å². The Morgan fingerprint density at radius 3 is 2.58 bits per heavy atom. The van der Waals surface area contributed by atoms with Gasteiger partial charge in [-0.1, -0.05) is 59.6 Å². The number of nitrogens with zero attached hydrogens (tertiary/aromatic N) is 2. The first-order valence-corrected chi connectivity index (χ1v) is 17.1. The molecular weight excluding hydrogens is 632 g/mol. The number of benzene rings is 4. The van der Waals surface area contributed by atoms with Gasteiger partial charge in [-0.15, -0.1) is 0 Å². The second-order valence-electron chi connectivity index (χ2n) is 11.3. The minimum absolute atomic E-state index is 0.0657. The van der Waals surface area contributed by atoms with E-state index in [1.54, 1.807) is 24.5 Å². The third-order valence-corrected chi connectivity index (χ3v) is 10.3. The molecule has 1 saturated heterocycles. The van der Waals surface area contributed by atoms with Crippen molar-refractivity contribution in [2.45, 2.75) is 36.0 Å². The van der Waals surface area contributed by atoms with Crippen LogP contribution >= 0.6 is 23.2 Å². The highest BCUT2D eigenvalue weighted by Crippen LogP contribution is 2.35. The van der Waals surface area contributed by atoms with Crippen molar-refractivity contribution in [3.8, 4) is 11.8 Å². The Morgan fingerprint density at radius 2 is 1.89 bits per heavy atom. The first kappa shape index (κ1) is 33.1. The normalized spacial score (nSPS) is 15.4. The molecule has 5 rings (SSSR count). The van der Waals surface area contributed by atoms with Crippen molar-refractivity contribution < 1.29 is 18.5 Å². The highest BCUT2D eigenvalue weighted by atomic mass is 35.5. The van der Waals surface area contributed by atoms with Gasteiger partial charge in [-0.25, -0.2) is 4.39 Å². The number of piperidine rings is 1. The van der Waals surface area contributed by atoms with Crippen molar-refractivity contribution in [3.05, 3.63) is 105 Å². The zero-order valence-electron chi connectivity index (χ0n) is 25.1. The van der Waals surface area contributed by atoms with Crippen molar-refractivity contribution in [3.63, 3.8) is 0 Å². The molecule has 0 saturated carbocycles. The summed E-state index contributed by atoms with van der Waals surface area (Å²) in [6.45, 7) is 2.83. The van der Waals surface area contributed by atoms with Crippen LogP contribution in [-0.4, -0.2) is 54.9 Å². The van der Waals surface area contributed by atoms with Gasteiger partial charge in [-0.05, 0) is 96.6 Å². The lowest BCUT2D eigenvalue weighted by Gasteiger charge is -2.33. The summed E-state index contributed by atoms with van der Waals surface area (Å²) in [5.41, 5.74) is 2.55. The molecule has 1 heterocycles. The van der Waals surface area contributed by atoms with Gasteiger partial charge >= 0.3 is 0 Å². The van der Waals surface area contributed by atoms with Gasteiger partial charge in [0, 0.05) is 24.1 Å². The zero-order chi connectivity index (χ0) is 32.1. The maximum absolute atomic E-state index is 13.8. The van der Waals surface area contributed by atoms with E-state index in [-0.39, 0.29) is 29.3 Å². The van der Waals surface area contributed by atoms with Crippen LogP contribution in [0.4, 0.5) is 4.39 Å². The zero-order valence-corrected chi connectivity index (χ0v) is 27.4. The van der Waals surface area contributed by atoms with Gasteiger partial charge in [-0.2, -0.15) is 5.26 Å². The first-order valence-electron chi connectivity index (χ1n) is 14.8. The average Bonchev–Trinajstić information content (AvgIpc) is 3.05. The summed E-state index contributed by atoms with van der Waals surface area (Å²) in [6, 6.07) is 21.5. The number of ether oxygens (including phenoxy) is 1. The second kappa shape index (κ2) is 14.8. The summed E-state index contributed by atoms with van der Waals surface area (Å²) < 4.78 is 31.7. The summed E-state index contributed by atoms with van der Waals surface area (Å²) >= 11 is 11.4.